The molecule has 0 aromatic carbocycles. The second-order valence-corrected chi connectivity index (χ2v) is 7.07. The van der Waals surface area contributed by atoms with Gasteiger partial charge in [0, 0.05) is 27.3 Å². The van der Waals surface area contributed by atoms with Gasteiger partial charge < -0.3 is 11.5 Å². The van der Waals surface area contributed by atoms with E-state index >= 15 is 0 Å². The quantitative estimate of drug-likeness (QED) is 0.877. The molecule has 0 spiro atoms. The van der Waals surface area contributed by atoms with Crippen LogP contribution in [0.3, 0.4) is 0 Å². The fraction of sp³-hybridized carbons (Fsp3) is 0.615. The number of likely N-dealkylation sites (tertiary alicyclic amines) is 1. The van der Waals surface area contributed by atoms with Crippen molar-refractivity contribution in [2.24, 2.45) is 17.4 Å². The van der Waals surface area contributed by atoms with E-state index in [9.17, 15) is 4.79 Å². The lowest BCUT2D eigenvalue weighted by Crippen LogP contribution is -2.47. The molecular weight excluding hydrogens is 326 g/mol. The molecule has 3 unspecified atom stereocenters. The van der Waals surface area contributed by atoms with Crippen LogP contribution in [0.5, 0.6) is 0 Å². The molecule has 1 aliphatic heterocycles. The van der Waals surface area contributed by atoms with Gasteiger partial charge in [0.15, 0.2) is 0 Å². The zero-order chi connectivity index (χ0) is 14.0. The van der Waals surface area contributed by atoms with Crippen LogP contribution in [0.15, 0.2) is 15.9 Å². The maximum absolute atomic E-state index is 11.4. The highest BCUT2D eigenvalue weighted by molar-refractivity contribution is 9.10. The Morgan fingerprint density at radius 2 is 2.37 bits per heavy atom. The highest BCUT2D eigenvalue weighted by atomic mass is 79.9. The summed E-state index contributed by atoms with van der Waals surface area (Å²) in [6.45, 7) is 3.72. The molecule has 1 aromatic rings. The Balaban J connectivity index is 2.17. The Labute approximate surface area is 126 Å². The summed E-state index contributed by atoms with van der Waals surface area (Å²) in [6.07, 6.45) is 1.90. The molecule has 1 amide bonds. The molecule has 4 N–H and O–H groups in total. The Morgan fingerprint density at radius 3 is 2.89 bits per heavy atom. The van der Waals surface area contributed by atoms with E-state index in [1.54, 1.807) is 11.3 Å². The maximum Gasteiger partial charge on any atom is 0.221 e. The molecule has 1 aromatic heterocycles. The smallest absolute Gasteiger partial charge is 0.221 e. The minimum absolute atomic E-state index is 0.0252. The lowest BCUT2D eigenvalue weighted by Gasteiger charge is -2.38. The first-order valence-electron chi connectivity index (χ1n) is 6.52. The van der Waals surface area contributed by atoms with Crippen molar-refractivity contribution in [2.75, 3.05) is 13.1 Å². The topological polar surface area (TPSA) is 72.3 Å². The van der Waals surface area contributed by atoms with Crippen LogP contribution in [0.1, 0.15) is 30.7 Å². The first-order chi connectivity index (χ1) is 8.99. The van der Waals surface area contributed by atoms with Crippen molar-refractivity contribution in [3.63, 3.8) is 0 Å². The number of halogens is 1. The highest BCUT2D eigenvalue weighted by Gasteiger charge is 2.31. The van der Waals surface area contributed by atoms with Gasteiger partial charge >= 0.3 is 0 Å². The molecule has 2 heterocycles. The van der Waals surface area contributed by atoms with Crippen molar-refractivity contribution in [3.05, 3.63) is 20.8 Å². The molecule has 106 valence electrons. The normalized spacial score (nSPS) is 24.1. The molecule has 0 bridgehead atoms. The number of primary amides is 1. The van der Waals surface area contributed by atoms with Crippen molar-refractivity contribution >= 4 is 33.2 Å². The van der Waals surface area contributed by atoms with Crippen LogP contribution >= 0.6 is 27.3 Å². The van der Waals surface area contributed by atoms with E-state index in [4.69, 9.17) is 11.5 Å². The van der Waals surface area contributed by atoms with Crippen molar-refractivity contribution in [1.29, 1.82) is 0 Å². The third-order valence-electron chi connectivity index (χ3n) is 3.63. The standard InChI is InChI=1S/C13H20BrN3OS/c1-8(15)12(11-5-10(14)7-19-11)17-4-2-3-9(6-17)13(16)18/h5,7-9,12H,2-4,6,15H2,1H3,(H2,16,18). The number of nitrogens with two attached hydrogens (primary N) is 2. The first-order valence-corrected chi connectivity index (χ1v) is 8.19. The van der Waals surface area contributed by atoms with E-state index in [1.807, 2.05) is 6.92 Å². The summed E-state index contributed by atoms with van der Waals surface area (Å²) >= 11 is 5.19. The van der Waals surface area contributed by atoms with Gasteiger partial charge in [-0.1, -0.05) is 0 Å². The van der Waals surface area contributed by atoms with E-state index < -0.39 is 0 Å². The number of rotatable bonds is 4. The Morgan fingerprint density at radius 1 is 1.63 bits per heavy atom. The zero-order valence-corrected chi connectivity index (χ0v) is 13.4. The lowest BCUT2D eigenvalue weighted by molar-refractivity contribution is -0.123. The molecule has 1 saturated heterocycles. The second kappa shape index (κ2) is 6.35. The summed E-state index contributed by atoms with van der Waals surface area (Å²) in [7, 11) is 0. The molecule has 0 radical (unpaired) electrons. The summed E-state index contributed by atoms with van der Waals surface area (Å²) < 4.78 is 1.08. The van der Waals surface area contributed by atoms with Crippen LogP contribution < -0.4 is 11.5 Å². The molecule has 1 fully saturated rings. The number of amides is 1. The molecule has 6 heteroatoms. The minimum atomic E-state index is -0.194. The van der Waals surface area contributed by atoms with Crippen LogP contribution in [0.2, 0.25) is 0 Å². The summed E-state index contributed by atoms with van der Waals surface area (Å²) in [5, 5.41) is 2.07. The van der Waals surface area contributed by atoms with Gasteiger partial charge in [-0.05, 0) is 48.3 Å². The summed E-state index contributed by atoms with van der Waals surface area (Å²) in [5.74, 6) is -0.237. The van der Waals surface area contributed by atoms with Gasteiger partial charge in [0.05, 0.1) is 12.0 Å². The van der Waals surface area contributed by atoms with Crippen molar-refractivity contribution in [2.45, 2.75) is 31.8 Å². The fourth-order valence-electron chi connectivity index (χ4n) is 2.75. The van der Waals surface area contributed by atoms with Gasteiger partial charge in [-0.25, -0.2) is 0 Å². The van der Waals surface area contributed by atoms with E-state index in [0.717, 1.165) is 30.4 Å². The molecule has 3 atom stereocenters. The number of nitrogens with zero attached hydrogens (tertiary/aromatic N) is 1. The monoisotopic (exact) mass is 345 g/mol. The van der Waals surface area contributed by atoms with Gasteiger partial charge in [0.1, 0.15) is 0 Å². The van der Waals surface area contributed by atoms with E-state index in [1.165, 1.54) is 4.88 Å². The SMILES string of the molecule is CC(N)C(c1cc(Br)cs1)N1CCCC(C(N)=O)C1. The Bertz CT molecular complexity index is 449. The van der Waals surface area contributed by atoms with Crippen molar-refractivity contribution < 1.29 is 4.79 Å². The van der Waals surface area contributed by atoms with Crippen LogP contribution in [0, 0.1) is 5.92 Å². The van der Waals surface area contributed by atoms with Gasteiger partial charge in [-0.2, -0.15) is 0 Å². The molecule has 19 heavy (non-hydrogen) atoms. The number of hydrogen-bond acceptors (Lipinski definition) is 4. The summed E-state index contributed by atoms with van der Waals surface area (Å²) in [6, 6.07) is 2.31. The number of carbonyl (C=O) groups is 1. The van der Waals surface area contributed by atoms with Gasteiger partial charge in [-0.3, -0.25) is 9.69 Å². The predicted molar refractivity (Wildman–Crippen MR) is 81.9 cm³/mol. The Hall–Kier alpha value is -0.430. The van der Waals surface area contributed by atoms with Crippen molar-refractivity contribution in [1.82, 2.24) is 4.90 Å². The second-order valence-electron chi connectivity index (χ2n) is 5.21. The molecule has 2 rings (SSSR count). The number of carbonyl (C=O) groups excluding carboxylic acids is 1. The zero-order valence-electron chi connectivity index (χ0n) is 11.0. The molecule has 1 aliphatic rings. The highest BCUT2D eigenvalue weighted by Crippen LogP contribution is 2.33. The van der Waals surface area contributed by atoms with Gasteiger partial charge in [0.25, 0.3) is 0 Å². The minimum Gasteiger partial charge on any atom is -0.369 e. The molecular formula is C13H20BrN3OS. The maximum atomic E-state index is 11.4. The third-order valence-corrected chi connectivity index (χ3v) is 5.39. The van der Waals surface area contributed by atoms with Crippen LogP contribution in [0.4, 0.5) is 0 Å². The van der Waals surface area contributed by atoms with Crippen LogP contribution in [0.25, 0.3) is 0 Å². The lowest BCUT2D eigenvalue weighted by atomic mass is 9.94. The van der Waals surface area contributed by atoms with Crippen LogP contribution in [-0.4, -0.2) is 29.9 Å². The Kier molecular flexibility index (Phi) is 5.00. The van der Waals surface area contributed by atoms with E-state index in [0.29, 0.717) is 0 Å². The average Bonchev–Trinajstić information content (AvgIpc) is 2.75. The van der Waals surface area contributed by atoms with E-state index in [2.05, 4.69) is 32.3 Å². The van der Waals surface area contributed by atoms with E-state index in [-0.39, 0.29) is 23.9 Å². The molecule has 0 aliphatic carbocycles. The van der Waals surface area contributed by atoms with Gasteiger partial charge in [-0.15, -0.1) is 11.3 Å². The average molecular weight is 346 g/mol. The van der Waals surface area contributed by atoms with Gasteiger partial charge in [0.2, 0.25) is 5.91 Å². The summed E-state index contributed by atoms with van der Waals surface area (Å²) in [5.41, 5.74) is 11.6. The molecule has 0 saturated carbocycles. The summed E-state index contributed by atoms with van der Waals surface area (Å²) in [4.78, 5) is 14.9. The third kappa shape index (κ3) is 3.56. The number of piperidine rings is 1. The fourth-order valence-corrected chi connectivity index (χ4v) is 4.44. The largest absolute Gasteiger partial charge is 0.369 e. The van der Waals surface area contributed by atoms with Crippen LogP contribution in [-0.2, 0) is 4.79 Å². The number of thiophene rings is 1. The molecule has 4 nitrogen and oxygen atoms in total. The first kappa shape index (κ1) is 15.0. The van der Waals surface area contributed by atoms with Crippen molar-refractivity contribution in [3.8, 4) is 0 Å². The number of hydrogen-bond donors (Lipinski definition) is 2. The predicted octanol–water partition coefficient (Wildman–Crippen LogP) is 2.10.